The number of rotatable bonds is 3. The van der Waals surface area contributed by atoms with Crippen LogP contribution in [0.4, 0.5) is 5.95 Å². The van der Waals surface area contributed by atoms with Crippen LogP contribution >= 0.6 is 15.9 Å². The van der Waals surface area contributed by atoms with Crippen molar-refractivity contribution in [1.82, 2.24) is 24.3 Å². The molecule has 2 aliphatic rings. The molecule has 1 aliphatic carbocycles. The molecule has 2 aromatic heterocycles. The number of nitrogens with zero attached hydrogens (tertiary/aromatic N) is 5. The van der Waals surface area contributed by atoms with Gasteiger partial charge in [-0.1, -0.05) is 6.42 Å². The minimum atomic E-state index is -1.02. The van der Waals surface area contributed by atoms with Crippen LogP contribution in [0.15, 0.2) is 10.8 Å². The Hall–Kier alpha value is -1.06. The molecule has 2 fully saturated rings. The molecule has 3 heterocycles. The molecule has 1 saturated carbocycles. The predicted octanol–water partition coefficient (Wildman–Crippen LogP) is 3.39. The minimum Gasteiger partial charge on any atom is -0.342 e. The van der Waals surface area contributed by atoms with Gasteiger partial charge in [-0.05, 0) is 74.7 Å². The van der Waals surface area contributed by atoms with Crippen LogP contribution in [-0.2, 0) is 11.0 Å². The number of nitrogens with one attached hydrogen (secondary N) is 1. The summed E-state index contributed by atoms with van der Waals surface area (Å²) in [6.07, 6.45) is 7.46. The van der Waals surface area contributed by atoms with Crippen molar-refractivity contribution in [2.75, 3.05) is 18.0 Å². The van der Waals surface area contributed by atoms with E-state index in [1.165, 1.54) is 12.8 Å². The average molecular weight is 469 g/mol. The molecule has 0 radical (unpaired) electrons. The van der Waals surface area contributed by atoms with E-state index in [-0.39, 0.29) is 10.2 Å². The maximum absolute atomic E-state index is 12.7. The lowest BCUT2D eigenvalue weighted by Gasteiger charge is -2.44. The van der Waals surface area contributed by atoms with Gasteiger partial charge < -0.3 is 4.90 Å². The van der Waals surface area contributed by atoms with Crippen molar-refractivity contribution in [3.05, 3.63) is 16.5 Å². The van der Waals surface area contributed by atoms with Gasteiger partial charge in [0, 0.05) is 19.1 Å². The standard InChI is InChI=1S/C19H29BrN6OS/c1-13-15(20)16-23-21-12-26(16)17(22-13)25-10-8-19(9-11-25)7-5-6-14(19)24-28(27)18(2,3)4/h12,14,24H,5-11H2,1-4H3/t14-,28-/m1/s1. The Balaban J connectivity index is 1.53. The average Bonchev–Trinajstić information content (AvgIpc) is 3.27. The molecule has 1 N–H and O–H groups in total. The smallest absolute Gasteiger partial charge is 0.212 e. The van der Waals surface area contributed by atoms with Crippen molar-refractivity contribution >= 4 is 38.5 Å². The summed E-state index contributed by atoms with van der Waals surface area (Å²) in [6.45, 7) is 9.99. The van der Waals surface area contributed by atoms with Gasteiger partial charge in [0.25, 0.3) is 0 Å². The Morgan fingerprint density at radius 3 is 2.68 bits per heavy atom. The minimum absolute atomic E-state index is 0.233. The fraction of sp³-hybridized carbons (Fsp3) is 0.737. The van der Waals surface area contributed by atoms with Crippen LogP contribution in [0.2, 0.25) is 0 Å². The first-order valence-corrected chi connectivity index (χ1v) is 11.9. The van der Waals surface area contributed by atoms with Crippen molar-refractivity contribution in [3.63, 3.8) is 0 Å². The molecule has 7 nitrogen and oxygen atoms in total. The third-order valence-electron chi connectivity index (χ3n) is 6.30. The Labute approximate surface area is 177 Å². The van der Waals surface area contributed by atoms with E-state index in [1.54, 1.807) is 6.33 Å². The summed E-state index contributed by atoms with van der Waals surface area (Å²) >= 11 is 3.57. The lowest BCUT2D eigenvalue weighted by molar-refractivity contribution is 0.187. The van der Waals surface area contributed by atoms with E-state index < -0.39 is 11.0 Å². The van der Waals surface area contributed by atoms with E-state index in [1.807, 2.05) is 32.1 Å². The van der Waals surface area contributed by atoms with E-state index in [9.17, 15) is 4.21 Å². The summed E-state index contributed by atoms with van der Waals surface area (Å²) in [5.41, 5.74) is 1.98. The maximum Gasteiger partial charge on any atom is 0.212 e. The molecule has 2 aromatic rings. The number of anilines is 1. The molecule has 9 heteroatoms. The highest BCUT2D eigenvalue weighted by molar-refractivity contribution is 9.10. The fourth-order valence-electron chi connectivity index (χ4n) is 4.55. The number of halogens is 1. The first kappa shape index (κ1) is 20.2. The topological polar surface area (TPSA) is 75.4 Å². The molecular weight excluding hydrogens is 440 g/mol. The van der Waals surface area contributed by atoms with E-state index in [4.69, 9.17) is 4.98 Å². The van der Waals surface area contributed by atoms with Crippen LogP contribution in [-0.4, -0.2) is 47.7 Å². The second-order valence-corrected chi connectivity index (χ2v) is 11.9. The molecule has 0 unspecified atom stereocenters. The van der Waals surface area contributed by atoms with Gasteiger partial charge in [-0.25, -0.2) is 18.3 Å². The lowest BCUT2D eigenvalue weighted by Crippen LogP contribution is -2.51. The number of hydrogen-bond acceptors (Lipinski definition) is 5. The number of aromatic nitrogens is 4. The summed E-state index contributed by atoms with van der Waals surface area (Å²) in [6, 6.07) is 0.337. The molecule has 1 saturated heterocycles. The second-order valence-electron chi connectivity index (χ2n) is 9.13. The third-order valence-corrected chi connectivity index (χ3v) is 8.84. The van der Waals surface area contributed by atoms with Gasteiger partial charge >= 0.3 is 0 Å². The highest BCUT2D eigenvalue weighted by Crippen LogP contribution is 2.47. The number of piperidine rings is 1. The Kier molecular flexibility index (Phi) is 5.29. The van der Waals surface area contributed by atoms with Crippen LogP contribution in [0, 0.1) is 12.3 Å². The number of hydrogen-bond donors (Lipinski definition) is 1. The van der Waals surface area contributed by atoms with E-state index in [0.29, 0.717) is 6.04 Å². The summed E-state index contributed by atoms with van der Waals surface area (Å²) in [5, 5.41) is 8.30. The highest BCUT2D eigenvalue weighted by Gasteiger charge is 2.46. The lowest BCUT2D eigenvalue weighted by atomic mass is 9.74. The van der Waals surface area contributed by atoms with Crippen LogP contribution < -0.4 is 9.62 Å². The Bertz CT molecular complexity index is 900. The molecule has 154 valence electrons. The SMILES string of the molecule is Cc1nc(N2CCC3(CCC[C@H]3N[S@](=O)C(C)(C)C)CC2)n2cnnc2c1Br. The molecule has 2 atom stereocenters. The normalized spacial score (nSPS) is 23.6. The summed E-state index contributed by atoms with van der Waals surface area (Å²) in [4.78, 5) is 7.15. The zero-order valence-electron chi connectivity index (χ0n) is 17.0. The molecule has 0 bridgehead atoms. The van der Waals surface area contributed by atoms with E-state index in [2.05, 4.69) is 35.7 Å². The van der Waals surface area contributed by atoms with Gasteiger partial charge in [-0.15, -0.1) is 10.2 Å². The maximum atomic E-state index is 12.7. The van der Waals surface area contributed by atoms with Gasteiger partial charge in [-0.2, -0.15) is 0 Å². The van der Waals surface area contributed by atoms with Gasteiger partial charge in [0.2, 0.25) is 5.95 Å². The van der Waals surface area contributed by atoms with Crippen LogP contribution in [0.3, 0.4) is 0 Å². The molecule has 1 aliphatic heterocycles. The monoisotopic (exact) mass is 468 g/mol. The van der Waals surface area contributed by atoms with Crippen molar-refractivity contribution in [3.8, 4) is 0 Å². The van der Waals surface area contributed by atoms with Crippen molar-refractivity contribution < 1.29 is 4.21 Å². The van der Waals surface area contributed by atoms with Crippen molar-refractivity contribution in [2.24, 2.45) is 5.41 Å². The Morgan fingerprint density at radius 1 is 1.29 bits per heavy atom. The first-order valence-electron chi connectivity index (χ1n) is 10.0. The van der Waals surface area contributed by atoms with Crippen molar-refractivity contribution in [2.45, 2.75) is 70.6 Å². The summed E-state index contributed by atoms with van der Waals surface area (Å²) in [7, 11) is -1.02. The fourth-order valence-corrected chi connectivity index (χ4v) is 5.89. The zero-order chi connectivity index (χ0) is 20.1. The van der Waals surface area contributed by atoms with Gasteiger partial charge in [-0.3, -0.25) is 0 Å². The quantitative estimate of drug-likeness (QED) is 0.746. The largest absolute Gasteiger partial charge is 0.342 e. The Morgan fingerprint density at radius 2 is 2.00 bits per heavy atom. The van der Waals surface area contributed by atoms with Gasteiger partial charge in [0.05, 0.1) is 25.9 Å². The third kappa shape index (κ3) is 3.50. The first-order chi connectivity index (χ1) is 13.2. The molecule has 0 aromatic carbocycles. The van der Waals surface area contributed by atoms with Crippen LogP contribution in [0.5, 0.6) is 0 Å². The van der Waals surface area contributed by atoms with E-state index in [0.717, 1.165) is 54.1 Å². The summed E-state index contributed by atoms with van der Waals surface area (Å²) in [5.74, 6) is 0.913. The second kappa shape index (κ2) is 7.32. The number of aryl methyl sites for hydroxylation is 1. The molecule has 0 amide bonds. The van der Waals surface area contributed by atoms with Gasteiger partial charge in [0.15, 0.2) is 5.65 Å². The van der Waals surface area contributed by atoms with Gasteiger partial charge in [0.1, 0.15) is 6.33 Å². The highest BCUT2D eigenvalue weighted by atomic mass is 79.9. The van der Waals surface area contributed by atoms with Crippen molar-refractivity contribution in [1.29, 1.82) is 0 Å². The molecule has 28 heavy (non-hydrogen) atoms. The molecule has 4 rings (SSSR count). The van der Waals surface area contributed by atoms with Crippen LogP contribution in [0.25, 0.3) is 5.65 Å². The van der Waals surface area contributed by atoms with Crippen LogP contribution in [0.1, 0.15) is 58.6 Å². The van der Waals surface area contributed by atoms with E-state index >= 15 is 0 Å². The zero-order valence-corrected chi connectivity index (χ0v) is 19.4. The molecular formula is C19H29BrN6OS. The predicted molar refractivity (Wildman–Crippen MR) is 116 cm³/mol. The molecule has 1 spiro atoms. The number of fused-ring (bicyclic) bond motifs is 1. The summed E-state index contributed by atoms with van der Waals surface area (Å²) < 4.78 is 18.8.